The van der Waals surface area contributed by atoms with E-state index in [2.05, 4.69) is 5.32 Å². The molecule has 2 rings (SSSR count). The zero-order valence-electron chi connectivity index (χ0n) is 9.31. The number of nitrogens with zero attached hydrogens (tertiary/aromatic N) is 1. The molecule has 84 valence electrons. The van der Waals surface area contributed by atoms with Gasteiger partial charge in [-0.05, 0) is 30.3 Å². The lowest BCUT2D eigenvalue weighted by Gasteiger charge is -2.15. The summed E-state index contributed by atoms with van der Waals surface area (Å²) in [6.45, 7) is 4.01. The third kappa shape index (κ3) is 1.80. The molecular weight excluding hydrogens is 220 g/mol. The Morgan fingerprint density at radius 2 is 1.94 bits per heavy atom. The van der Waals surface area contributed by atoms with E-state index in [1.54, 1.807) is 4.90 Å². The van der Waals surface area contributed by atoms with Crippen molar-refractivity contribution in [2.45, 2.75) is 19.9 Å². The Labute approximate surface area is 100 Å². The number of carbonyl (C=O) groups excluding carboxylic acids is 1. The lowest BCUT2D eigenvalue weighted by molar-refractivity contribution is -0.119. The highest BCUT2D eigenvalue weighted by atomic mass is 32.1. The molecular formula is C12H14N2OS. The van der Waals surface area contributed by atoms with Crippen molar-refractivity contribution >= 4 is 28.9 Å². The van der Waals surface area contributed by atoms with Gasteiger partial charge < -0.3 is 5.32 Å². The Morgan fingerprint density at radius 1 is 1.31 bits per heavy atom. The summed E-state index contributed by atoms with van der Waals surface area (Å²) in [4.78, 5) is 13.7. The highest BCUT2D eigenvalue weighted by molar-refractivity contribution is 7.80. The molecule has 1 aromatic carbocycles. The monoisotopic (exact) mass is 234 g/mol. The highest BCUT2D eigenvalue weighted by Gasteiger charge is 2.37. The van der Waals surface area contributed by atoms with E-state index in [-0.39, 0.29) is 17.9 Å². The average molecular weight is 234 g/mol. The van der Waals surface area contributed by atoms with Gasteiger partial charge in [0, 0.05) is 0 Å². The largest absolute Gasteiger partial charge is 0.350 e. The summed E-state index contributed by atoms with van der Waals surface area (Å²) >= 11 is 5.19. The predicted molar refractivity (Wildman–Crippen MR) is 68.3 cm³/mol. The van der Waals surface area contributed by atoms with Gasteiger partial charge in [0.05, 0.1) is 5.69 Å². The maximum absolute atomic E-state index is 12.1. The van der Waals surface area contributed by atoms with Crippen molar-refractivity contribution in [2.24, 2.45) is 5.92 Å². The molecule has 4 heteroatoms. The van der Waals surface area contributed by atoms with Gasteiger partial charge in [-0.25, -0.2) is 0 Å². The first-order chi connectivity index (χ1) is 7.61. The second-order valence-corrected chi connectivity index (χ2v) is 4.57. The van der Waals surface area contributed by atoms with E-state index in [9.17, 15) is 4.79 Å². The summed E-state index contributed by atoms with van der Waals surface area (Å²) in [6.07, 6.45) is 0. The molecule has 1 unspecified atom stereocenters. The van der Waals surface area contributed by atoms with Crippen molar-refractivity contribution in [1.29, 1.82) is 0 Å². The predicted octanol–water partition coefficient (Wildman–Crippen LogP) is 1.93. The van der Waals surface area contributed by atoms with E-state index < -0.39 is 0 Å². The van der Waals surface area contributed by atoms with E-state index in [4.69, 9.17) is 12.2 Å². The maximum Gasteiger partial charge on any atom is 0.256 e. The Kier molecular flexibility index (Phi) is 2.92. The molecule has 1 aliphatic heterocycles. The van der Waals surface area contributed by atoms with Crippen LogP contribution in [0.4, 0.5) is 5.69 Å². The third-order valence-corrected chi connectivity index (χ3v) is 2.95. The van der Waals surface area contributed by atoms with Gasteiger partial charge in [0.1, 0.15) is 6.04 Å². The number of rotatable bonds is 2. The van der Waals surface area contributed by atoms with Crippen LogP contribution in [0.5, 0.6) is 0 Å². The Hall–Kier alpha value is -1.42. The fraction of sp³-hybridized carbons (Fsp3) is 0.333. The van der Waals surface area contributed by atoms with Crippen LogP contribution in [0, 0.1) is 5.92 Å². The number of para-hydroxylation sites is 1. The number of amides is 1. The molecule has 0 radical (unpaired) electrons. The molecule has 0 spiro atoms. The minimum Gasteiger partial charge on any atom is -0.350 e. The molecule has 3 nitrogen and oxygen atoms in total. The fourth-order valence-corrected chi connectivity index (χ4v) is 2.09. The SMILES string of the molecule is CC(C)C1NC(=S)N(c2ccccc2)C1=O. The van der Waals surface area contributed by atoms with Gasteiger partial charge in [0.25, 0.3) is 5.91 Å². The number of nitrogens with one attached hydrogen (secondary N) is 1. The number of hydrogen-bond acceptors (Lipinski definition) is 2. The second-order valence-electron chi connectivity index (χ2n) is 4.18. The standard InChI is InChI=1S/C12H14N2OS/c1-8(2)10-11(15)14(12(16)13-10)9-6-4-3-5-7-9/h3-8,10H,1-2H3,(H,13,16). The zero-order valence-corrected chi connectivity index (χ0v) is 10.1. The normalized spacial score (nSPS) is 20.4. The van der Waals surface area contributed by atoms with Gasteiger partial charge in [-0.15, -0.1) is 0 Å². The lowest BCUT2D eigenvalue weighted by Crippen LogP contribution is -2.34. The van der Waals surface area contributed by atoms with Gasteiger partial charge in [-0.1, -0.05) is 32.0 Å². The number of carbonyl (C=O) groups is 1. The Morgan fingerprint density at radius 3 is 2.44 bits per heavy atom. The van der Waals surface area contributed by atoms with Crippen LogP contribution in [0.3, 0.4) is 0 Å². The van der Waals surface area contributed by atoms with Crippen molar-refractivity contribution in [2.75, 3.05) is 4.90 Å². The van der Waals surface area contributed by atoms with Crippen LogP contribution in [0.25, 0.3) is 0 Å². The van der Waals surface area contributed by atoms with E-state index in [0.29, 0.717) is 5.11 Å². The van der Waals surface area contributed by atoms with Gasteiger partial charge in [-0.3, -0.25) is 9.69 Å². The molecule has 0 bridgehead atoms. The van der Waals surface area contributed by atoms with Gasteiger partial charge in [-0.2, -0.15) is 0 Å². The molecule has 1 N–H and O–H groups in total. The van der Waals surface area contributed by atoms with Gasteiger partial charge >= 0.3 is 0 Å². The van der Waals surface area contributed by atoms with E-state index in [0.717, 1.165) is 5.69 Å². The number of hydrogen-bond donors (Lipinski definition) is 1. The summed E-state index contributed by atoms with van der Waals surface area (Å²) in [5.41, 5.74) is 0.827. The first kappa shape index (κ1) is 11.1. The summed E-state index contributed by atoms with van der Waals surface area (Å²) in [5.74, 6) is 0.269. The molecule has 1 fully saturated rings. The van der Waals surface area contributed by atoms with E-state index >= 15 is 0 Å². The first-order valence-corrected chi connectivity index (χ1v) is 5.71. The van der Waals surface area contributed by atoms with Crippen LogP contribution in [0.15, 0.2) is 30.3 Å². The topological polar surface area (TPSA) is 32.3 Å². The minimum absolute atomic E-state index is 0.0335. The molecule has 1 saturated heterocycles. The van der Waals surface area contributed by atoms with Crippen LogP contribution < -0.4 is 10.2 Å². The summed E-state index contributed by atoms with van der Waals surface area (Å²) in [7, 11) is 0. The fourth-order valence-electron chi connectivity index (χ4n) is 1.77. The van der Waals surface area contributed by atoms with Crippen molar-refractivity contribution < 1.29 is 4.79 Å². The summed E-state index contributed by atoms with van der Waals surface area (Å²) in [5, 5.41) is 3.55. The molecule has 0 saturated carbocycles. The summed E-state index contributed by atoms with van der Waals surface area (Å²) in [6, 6.07) is 9.28. The van der Waals surface area contributed by atoms with Crippen LogP contribution in [0.1, 0.15) is 13.8 Å². The molecule has 1 atom stereocenters. The van der Waals surface area contributed by atoms with Crippen molar-refractivity contribution in [3.05, 3.63) is 30.3 Å². The quantitative estimate of drug-likeness (QED) is 0.794. The Bertz CT molecular complexity index is 416. The third-order valence-electron chi connectivity index (χ3n) is 2.65. The van der Waals surface area contributed by atoms with Gasteiger partial charge in [0.2, 0.25) is 0 Å². The molecule has 1 heterocycles. The lowest BCUT2D eigenvalue weighted by atomic mass is 10.1. The average Bonchev–Trinajstić information content (AvgIpc) is 2.56. The molecule has 16 heavy (non-hydrogen) atoms. The van der Waals surface area contributed by atoms with E-state index in [1.165, 1.54) is 0 Å². The highest BCUT2D eigenvalue weighted by Crippen LogP contribution is 2.21. The van der Waals surface area contributed by atoms with Crippen LogP contribution in [0.2, 0.25) is 0 Å². The summed E-state index contributed by atoms with van der Waals surface area (Å²) < 4.78 is 0. The van der Waals surface area contributed by atoms with Crippen molar-refractivity contribution in [3.8, 4) is 0 Å². The molecule has 1 aromatic rings. The Balaban J connectivity index is 2.30. The first-order valence-electron chi connectivity index (χ1n) is 5.31. The van der Waals surface area contributed by atoms with E-state index in [1.807, 2.05) is 44.2 Å². The number of anilines is 1. The number of benzene rings is 1. The smallest absolute Gasteiger partial charge is 0.256 e. The van der Waals surface area contributed by atoms with Crippen molar-refractivity contribution in [3.63, 3.8) is 0 Å². The van der Waals surface area contributed by atoms with Gasteiger partial charge in [0.15, 0.2) is 5.11 Å². The molecule has 1 amide bonds. The maximum atomic E-state index is 12.1. The van der Waals surface area contributed by atoms with Crippen molar-refractivity contribution in [1.82, 2.24) is 5.32 Å². The van der Waals surface area contributed by atoms with Crippen LogP contribution >= 0.6 is 12.2 Å². The van der Waals surface area contributed by atoms with Crippen LogP contribution in [-0.4, -0.2) is 17.1 Å². The number of thiocarbonyl (C=S) groups is 1. The molecule has 1 aliphatic rings. The minimum atomic E-state index is -0.201. The molecule has 0 aliphatic carbocycles. The second kappa shape index (κ2) is 4.22. The zero-order chi connectivity index (χ0) is 11.7. The molecule has 0 aromatic heterocycles. The van der Waals surface area contributed by atoms with Crippen LogP contribution in [-0.2, 0) is 4.79 Å².